The molecule has 1 unspecified atom stereocenters. The molecule has 22 heavy (non-hydrogen) atoms. The van der Waals surface area contributed by atoms with Gasteiger partial charge < -0.3 is 14.4 Å². The van der Waals surface area contributed by atoms with E-state index in [2.05, 4.69) is 9.88 Å². The second-order valence-electron chi connectivity index (χ2n) is 7.24. The number of carbonyl (C=O) groups excluding carboxylic acids is 1. The van der Waals surface area contributed by atoms with E-state index < -0.39 is 5.60 Å². The maximum Gasteiger partial charge on any atom is 0.291 e. The Hall–Kier alpha value is -1.40. The van der Waals surface area contributed by atoms with Crippen LogP contribution in [0.2, 0.25) is 0 Å². The maximum atomic E-state index is 12.7. The Morgan fingerprint density at radius 2 is 2.18 bits per heavy atom. The highest BCUT2D eigenvalue weighted by Gasteiger charge is 2.36. The van der Waals surface area contributed by atoms with Crippen molar-refractivity contribution in [3.05, 3.63) is 17.8 Å². The number of hydrogen-bond acceptors (Lipinski definition) is 5. The zero-order chi connectivity index (χ0) is 15.9. The molecule has 2 heterocycles. The van der Waals surface area contributed by atoms with Gasteiger partial charge in [0, 0.05) is 38.1 Å². The van der Waals surface area contributed by atoms with Gasteiger partial charge in [0.2, 0.25) is 5.76 Å². The molecule has 122 valence electrons. The number of nitrogens with zero attached hydrogens (tertiary/aromatic N) is 3. The lowest BCUT2D eigenvalue weighted by atomic mass is 10.1. The van der Waals surface area contributed by atoms with Crippen LogP contribution in [0, 0.1) is 0 Å². The fraction of sp³-hybridized carbons (Fsp3) is 0.750. The van der Waals surface area contributed by atoms with Gasteiger partial charge >= 0.3 is 0 Å². The van der Waals surface area contributed by atoms with Crippen LogP contribution in [-0.2, 0) is 0 Å². The Kier molecular flexibility index (Phi) is 3.99. The van der Waals surface area contributed by atoms with E-state index in [1.807, 2.05) is 25.7 Å². The fourth-order valence-electron chi connectivity index (χ4n) is 3.22. The van der Waals surface area contributed by atoms with Gasteiger partial charge in [-0.1, -0.05) is 0 Å². The third-order valence-electron chi connectivity index (χ3n) is 4.34. The van der Waals surface area contributed by atoms with Gasteiger partial charge in [-0.3, -0.25) is 9.69 Å². The molecular weight excluding hydrogens is 282 g/mol. The van der Waals surface area contributed by atoms with E-state index in [-0.39, 0.29) is 11.9 Å². The van der Waals surface area contributed by atoms with Gasteiger partial charge in [0.25, 0.3) is 5.91 Å². The standard InChI is InChI=1S/C16H25N3O3/c1-11-8-18(9-16(2,3)21)6-7-19(11)15(20)14-13(12-4-5-12)17-10-22-14/h10-12,21H,4-9H2,1-3H3. The molecule has 2 aliphatic rings. The SMILES string of the molecule is CC1CN(CC(C)(C)O)CCN1C(=O)c1ocnc1C1CC1. The number of oxazole rings is 1. The molecule has 1 N–H and O–H groups in total. The summed E-state index contributed by atoms with van der Waals surface area (Å²) < 4.78 is 5.38. The molecule has 1 amide bonds. The average molecular weight is 307 g/mol. The zero-order valence-corrected chi connectivity index (χ0v) is 13.6. The van der Waals surface area contributed by atoms with Crippen molar-refractivity contribution in [2.45, 2.75) is 51.2 Å². The quantitative estimate of drug-likeness (QED) is 0.912. The second-order valence-corrected chi connectivity index (χ2v) is 7.24. The number of aliphatic hydroxyl groups is 1. The van der Waals surface area contributed by atoms with Crippen LogP contribution in [0.25, 0.3) is 0 Å². The molecule has 0 bridgehead atoms. The number of β-amino-alcohol motifs (C(OH)–C–C–N with tert-alkyl or cyclic N) is 1. The van der Waals surface area contributed by atoms with Crippen molar-refractivity contribution in [2.24, 2.45) is 0 Å². The lowest BCUT2D eigenvalue weighted by Crippen LogP contribution is -2.56. The van der Waals surface area contributed by atoms with Gasteiger partial charge in [0.15, 0.2) is 6.39 Å². The Bertz CT molecular complexity index is 545. The van der Waals surface area contributed by atoms with Crippen molar-refractivity contribution in [3.8, 4) is 0 Å². The third kappa shape index (κ3) is 3.33. The highest BCUT2D eigenvalue weighted by Crippen LogP contribution is 2.41. The van der Waals surface area contributed by atoms with Crippen molar-refractivity contribution >= 4 is 5.91 Å². The summed E-state index contributed by atoms with van der Waals surface area (Å²) in [6.45, 7) is 8.48. The number of carbonyl (C=O) groups is 1. The first-order valence-corrected chi connectivity index (χ1v) is 8.04. The van der Waals surface area contributed by atoms with Crippen LogP contribution in [0.3, 0.4) is 0 Å². The summed E-state index contributed by atoms with van der Waals surface area (Å²) in [5.74, 6) is 0.782. The number of aromatic nitrogens is 1. The van der Waals surface area contributed by atoms with E-state index in [0.29, 0.717) is 24.8 Å². The van der Waals surface area contributed by atoms with Crippen LogP contribution in [0.1, 0.15) is 55.8 Å². The van der Waals surface area contributed by atoms with Crippen molar-refractivity contribution in [3.63, 3.8) is 0 Å². The van der Waals surface area contributed by atoms with Gasteiger partial charge in [-0.05, 0) is 33.6 Å². The molecule has 1 atom stereocenters. The minimum absolute atomic E-state index is 0.0465. The van der Waals surface area contributed by atoms with E-state index in [9.17, 15) is 9.90 Å². The Morgan fingerprint density at radius 3 is 2.77 bits per heavy atom. The summed E-state index contributed by atoms with van der Waals surface area (Å²) in [6, 6.07) is 0.0979. The molecule has 0 radical (unpaired) electrons. The van der Waals surface area contributed by atoms with Gasteiger partial charge in [0.05, 0.1) is 11.3 Å². The molecule has 0 aromatic carbocycles. The molecule has 6 nitrogen and oxygen atoms in total. The molecule has 3 rings (SSSR count). The van der Waals surface area contributed by atoms with Crippen molar-refractivity contribution in [2.75, 3.05) is 26.2 Å². The van der Waals surface area contributed by atoms with E-state index >= 15 is 0 Å². The first kappa shape index (κ1) is 15.5. The third-order valence-corrected chi connectivity index (χ3v) is 4.34. The molecular formula is C16H25N3O3. The molecule has 0 spiro atoms. The summed E-state index contributed by atoms with van der Waals surface area (Å²) in [5.41, 5.74) is 0.117. The van der Waals surface area contributed by atoms with Crippen molar-refractivity contribution in [1.29, 1.82) is 0 Å². The number of rotatable bonds is 4. The largest absolute Gasteiger partial charge is 0.438 e. The molecule has 1 aromatic rings. The Morgan fingerprint density at radius 1 is 1.45 bits per heavy atom. The van der Waals surface area contributed by atoms with Crippen LogP contribution in [-0.4, -0.2) is 63.6 Å². The van der Waals surface area contributed by atoms with Crippen LogP contribution in [0.15, 0.2) is 10.8 Å². The summed E-state index contributed by atoms with van der Waals surface area (Å²) in [7, 11) is 0. The van der Waals surface area contributed by atoms with E-state index in [0.717, 1.165) is 31.6 Å². The second kappa shape index (κ2) is 5.66. The highest BCUT2D eigenvalue weighted by atomic mass is 16.4. The van der Waals surface area contributed by atoms with E-state index in [1.165, 1.54) is 6.39 Å². The normalized spacial score (nSPS) is 23.8. The van der Waals surface area contributed by atoms with Crippen molar-refractivity contribution in [1.82, 2.24) is 14.8 Å². The van der Waals surface area contributed by atoms with Gasteiger partial charge in [-0.25, -0.2) is 4.98 Å². The van der Waals surface area contributed by atoms with E-state index in [4.69, 9.17) is 4.42 Å². The smallest absolute Gasteiger partial charge is 0.291 e. The van der Waals surface area contributed by atoms with Gasteiger partial charge in [-0.15, -0.1) is 0 Å². The first-order valence-electron chi connectivity index (χ1n) is 8.04. The predicted molar refractivity (Wildman–Crippen MR) is 81.7 cm³/mol. The molecule has 1 saturated heterocycles. The lowest BCUT2D eigenvalue weighted by molar-refractivity contribution is 0.00488. The van der Waals surface area contributed by atoms with Crippen LogP contribution in [0.5, 0.6) is 0 Å². The number of hydrogen-bond donors (Lipinski definition) is 1. The fourth-order valence-corrected chi connectivity index (χ4v) is 3.22. The number of piperazine rings is 1. The summed E-state index contributed by atoms with van der Waals surface area (Å²) in [5, 5.41) is 9.94. The molecule has 6 heteroatoms. The number of amides is 1. The first-order chi connectivity index (χ1) is 10.3. The van der Waals surface area contributed by atoms with Crippen LogP contribution >= 0.6 is 0 Å². The average Bonchev–Trinajstić information content (AvgIpc) is 3.14. The molecule has 1 aromatic heterocycles. The highest BCUT2D eigenvalue weighted by molar-refractivity contribution is 5.93. The monoisotopic (exact) mass is 307 g/mol. The minimum atomic E-state index is -0.712. The molecule has 1 saturated carbocycles. The van der Waals surface area contributed by atoms with Crippen LogP contribution in [0.4, 0.5) is 0 Å². The minimum Gasteiger partial charge on any atom is -0.438 e. The van der Waals surface area contributed by atoms with E-state index in [1.54, 1.807) is 0 Å². The van der Waals surface area contributed by atoms with Gasteiger partial charge in [0.1, 0.15) is 0 Å². The summed E-state index contributed by atoms with van der Waals surface area (Å²) in [4.78, 5) is 21.0. The van der Waals surface area contributed by atoms with Gasteiger partial charge in [-0.2, -0.15) is 0 Å². The topological polar surface area (TPSA) is 69.8 Å². The summed E-state index contributed by atoms with van der Waals surface area (Å²) >= 11 is 0. The molecule has 1 aliphatic heterocycles. The Labute approximate surface area is 131 Å². The Balaban J connectivity index is 1.66. The van der Waals surface area contributed by atoms with Crippen molar-refractivity contribution < 1.29 is 14.3 Å². The zero-order valence-electron chi connectivity index (χ0n) is 13.6. The molecule has 2 fully saturated rings. The summed E-state index contributed by atoms with van der Waals surface area (Å²) in [6.07, 6.45) is 3.58. The molecule has 1 aliphatic carbocycles. The predicted octanol–water partition coefficient (Wildman–Crippen LogP) is 1.47. The maximum absolute atomic E-state index is 12.7. The lowest BCUT2D eigenvalue weighted by Gasteiger charge is -2.41. The van der Waals surface area contributed by atoms with Crippen LogP contribution < -0.4 is 0 Å².